The second-order valence-electron chi connectivity index (χ2n) is 8.62. The molecule has 1 atom stereocenters. The molecule has 1 saturated heterocycles. The van der Waals surface area contributed by atoms with Crippen molar-refractivity contribution >= 4 is 11.6 Å². The van der Waals surface area contributed by atoms with Gasteiger partial charge in [0.25, 0.3) is 0 Å². The lowest BCUT2D eigenvalue weighted by Crippen LogP contribution is -2.38. The largest absolute Gasteiger partial charge is 0.372 e. The molecule has 2 aromatic rings. The normalized spacial score (nSPS) is 16.2. The number of rotatable bonds is 6. The molecule has 0 saturated carbocycles. The zero-order chi connectivity index (χ0) is 20.9. The van der Waals surface area contributed by atoms with Gasteiger partial charge in [-0.2, -0.15) is 4.98 Å². The topological polar surface area (TPSA) is 78.6 Å². The van der Waals surface area contributed by atoms with Crippen LogP contribution in [0.1, 0.15) is 70.8 Å². The van der Waals surface area contributed by atoms with Crippen LogP contribution in [0.2, 0.25) is 0 Å². The fraction of sp³-hybridized carbons (Fsp3) is 0.591. The molecule has 7 nitrogen and oxygen atoms in total. The van der Waals surface area contributed by atoms with E-state index in [9.17, 15) is 0 Å². The Morgan fingerprint density at radius 2 is 2.03 bits per heavy atom. The standard InChI is InChI=1S/C22H34N6O/c1-6-23-21(24-15-19-26-20(29-27-19)22(3,4)5)25-16(2)17-10-9-11-18(14-17)28-12-7-8-13-28/h9-11,14,16H,6-8,12-13,15H2,1-5H3,(H2,23,24,25). The molecule has 1 fully saturated rings. The number of aromatic nitrogens is 2. The Labute approximate surface area is 174 Å². The monoisotopic (exact) mass is 398 g/mol. The molecule has 1 unspecified atom stereocenters. The molecule has 0 radical (unpaired) electrons. The third-order valence-corrected chi connectivity index (χ3v) is 5.03. The number of guanidine groups is 1. The maximum Gasteiger partial charge on any atom is 0.232 e. The molecule has 0 spiro atoms. The van der Waals surface area contributed by atoms with Gasteiger partial charge in [0.15, 0.2) is 11.8 Å². The molecule has 1 aromatic carbocycles. The van der Waals surface area contributed by atoms with Crippen LogP contribution in [0.5, 0.6) is 0 Å². The minimum Gasteiger partial charge on any atom is -0.372 e. The molecule has 0 amide bonds. The quantitative estimate of drug-likeness (QED) is 0.569. The molecule has 0 aliphatic carbocycles. The Bertz CT molecular complexity index is 817. The fourth-order valence-corrected chi connectivity index (χ4v) is 3.35. The van der Waals surface area contributed by atoms with Crippen LogP contribution < -0.4 is 15.5 Å². The van der Waals surface area contributed by atoms with Crippen LogP contribution in [0.25, 0.3) is 0 Å². The van der Waals surface area contributed by atoms with Crippen LogP contribution in [-0.2, 0) is 12.0 Å². The van der Waals surface area contributed by atoms with Crippen LogP contribution >= 0.6 is 0 Å². The number of nitrogens with one attached hydrogen (secondary N) is 2. The van der Waals surface area contributed by atoms with Crippen molar-refractivity contribution < 1.29 is 4.52 Å². The number of nitrogens with zero attached hydrogens (tertiary/aromatic N) is 4. The van der Waals surface area contributed by atoms with E-state index >= 15 is 0 Å². The minimum atomic E-state index is -0.160. The Balaban J connectivity index is 1.67. The van der Waals surface area contributed by atoms with E-state index in [0.29, 0.717) is 18.3 Å². The highest BCUT2D eigenvalue weighted by Crippen LogP contribution is 2.24. The van der Waals surface area contributed by atoms with E-state index in [1.54, 1.807) is 0 Å². The molecule has 0 bridgehead atoms. The molecule has 1 aliphatic heterocycles. The summed E-state index contributed by atoms with van der Waals surface area (Å²) in [6.45, 7) is 13.8. The molecule has 3 rings (SSSR count). The van der Waals surface area contributed by atoms with Gasteiger partial charge in [-0.3, -0.25) is 0 Å². The van der Waals surface area contributed by atoms with E-state index in [0.717, 1.165) is 25.6 Å². The second-order valence-corrected chi connectivity index (χ2v) is 8.62. The van der Waals surface area contributed by atoms with Crippen molar-refractivity contribution in [2.24, 2.45) is 4.99 Å². The van der Waals surface area contributed by atoms with Crippen molar-refractivity contribution in [3.8, 4) is 0 Å². The van der Waals surface area contributed by atoms with Gasteiger partial charge in [-0.1, -0.05) is 38.1 Å². The first-order chi connectivity index (χ1) is 13.9. The predicted octanol–water partition coefficient (Wildman–Crippen LogP) is 3.78. The number of aliphatic imine (C=N–C) groups is 1. The van der Waals surface area contributed by atoms with Crippen molar-refractivity contribution in [3.63, 3.8) is 0 Å². The summed E-state index contributed by atoms with van der Waals surface area (Å²) < 4.78 is 5.36. The van der Waals surface area contributed by atoms with Gasteiger partial charge in [0.1, 0.15) is 6.54 Å². The number of benzene rings is 1. The summed E-state index contributed by atoms with van der Waals surface area (Å²) in [5, 5.41) is 10.8. The van der Waals surface area contributed by atoms with Crippen LogP contribution in [-0.4, -0.2) is 35.7 Å². The van der Waals surface area contributed by atoms with Gasteiger partial charge in [0, 0.05) is 30.7 Å². The molecule has 158 valence electrons. The third-order valence-electron chi connectivity index (χ3n) is 5.03. The molecular formula is C22H34N6O. The highest BCUT2D eigenvalue weighted by molar-refractivity contribution is 5.80. The first kappa shape index (κ1) is 21.1. The van der Waals surface area contributed by atoms with Crippen LogP contribution in [0.15, 0.2) is 33.8 Å². The lowest BCUT2D eigenvalue weighted by molar-refractivity contribution is 0.318. The average Bonchev–Trinajstić information content (AvgIpc) is 3.38. The van der Waals surface area contributed by atoms with E-state index in [1.165, 1.54) is 24.1 Å². The summed E-state index contributed by atoms with van der Waals surface area (Å²) in [7, 11) is 0. The van der Waals surface area contributed by atoms with Gasteiger partial charge in [0.2, 0.25) is 5.89 Å². The van der Waals surface area contributed by atoms with E-state index in [2.05, 4.69) is 89.6 Å². The zero-order valence-electron chi connectivity index (χ0n) is 18.3. The number of anilines is 1. The molecular weight excluding hydrogens is 364 g/mol. The second kappa shape index (κ2) is 9.29. The van der Waals surface area contributed by atoms with Gasteiger partial charge in [0.05, 0.1) is 6.04 Å². The summed E-state index contributed by atoms with van der Waals surface area (Å²) in [6.07, 6.45) is 2.56. The van der Waals surface area contributed by atoms with Crippen molar-refractivity contribution in [3.05, 3.63) is 41.5 Å². The Morgan fingerprint density at radius 1 is 1.28 bits per heavy atom. The Morgan fingerprint density at radius 3 is 2.69 bits per heavy atom. The fourth-order valence-electron chi connectivity index (χ4n) is 3.35. The smallest absolute Gasteiger partial charge is 0.232 e. The summed E-state index contributed by atoms with van der Waals surface area (Å²) in [4.78, 5) is 11.6. The summed E-state index contributed by atoms with van der Waals surface area (Å²) in [5.74, 6) is 1.97. The van der Waals surface area contributed by atoms with E-state index < -0.39 is 0 Å². The van der Waals surface area contributed by atoms with Crippen LogP contribution in [0.3, 0.4) is 0 Å². The Kier molecular flexibility index (Phi) is 6.77. The predicted molar refractivity (Wildman–Crippen MR) is 117 cm³/mol. The lowest BCUT2D eigenvalue weighted by atomic mass is 9.97. The first-order valence-corrected chi connectivity index (χ1v) is 10.6. The average molecular weight is 399 g/mol. The zero-order valence-corrected chi connectivity index (χ0v) is 18.3. The molecule has 7 heteroatoms. The molecule has 2 heterocycles. The van der Waals surface area contributed by atoms with Crippen LogP contribution in [0.4, 0.5) is 5.69 Å². The SMILES string of the molecule is CCNC(=NCc1noc(C(C)(C)C)n1)NC(C)c1cccc(N2CCCC2)c1. The highest BCUT2D eigenvalue weighted by atomic mass is 16.5. The van der Waals surface area contributed by atoms with Gasteiger partial charge < -0.3 is 20.1 Å². The van der Waals surface area contributed by atoms with Crippen molar-refractivity contribution in [1.82, 2.24) is 20.8 Å². The maximum absolute atomic E-state index is 5.36. The molecule has 1 aromatic heterocycles. The van der Waals surface area contributed by atoms with E-state index in [-0.39, 0.29) is 11.5 Å². The first-order valence-electron chi connectivity index (χ1n) is 10.6. The minimum absolute atomic E-state index is 0.130. The third kappa shape index (κ3) is 5.71. The van der Waals surface area contributed by atoms with Gasteiger partial charge in [-0.25, -0.2) is 4.99 Å². The van der Waals surface area contributed by atoms with Gasteiger partial charge in [-0.05, 0) is 44.4 Å². The maximum atomic E-state index is 5.36. The summed E-state index contributed by atoms with van der Waals surface area (Å²) >= 11 is 0. The summed E-state index contributed by atoms with van der Waals surface area (Å²) in [6, 6.07) is 8.91. The lowest BCUT2D eigenvalue weighted by Gasteiger charge is -2.22. The van der Waals surface area contributed by atoms with Crippen molar-refractivity contribution in [1.29, 1.82) is 0 Å². The molecule has 1 aliphatic rings. The van der Waals surface area contributed by atoms with Crippen molar-refractivity contribution in [2.45, 2.75) is 65.5 Å². The van der Waals surface area contributed by atoms with Crippen molar-refractivity contribution in [2.75, 3.05) is 24.5 Å². The molecule has 29 heavy (non-hydrogen) atoms. The molecule has 2 N–H and O–H groups in total. The van der Waals surface area contributed by atoms with Gasteiger partial charge >= 0.3 is 0 Å². The van der Waals surface area contributed by atoms with E-state index in [1.807, 2.05) is 0 Å². The summed E-state index contributed by atoms with van der Waals surface area (Å²) in [5.41, 5.74) is 2.39. The van der Waals surface area contributed by atoms with Gasteiger partial charge in [-0.15, -0.1) is 0 Å². The Hall–Kier alpha value is -2.57. The van der Waals surface area contributed by atoms with E-state index in [4.69, 9.17) is 4.52 Å². The number of hydrogen-bond acceptors (Lipinski definition) is 5. The number of hydrogen-bond donors (Lipinski definition) is 2. The highest BCUT2D eigenvalue weighted by Gasteiger charge is 2.21. The van der Waals surface area contributed by atoms with Crippen LogP contribution in [0, 0.1) is 0 Å².